The summed E-state index contributed by atoms with van der Waals surface area (Å²) < 4.78 is 10.8. The fourth-order valence-corrected chi connectivity index (χ4v) is 1.87. The molecule has 5 heteroatoms. The third-order valence-electron chi connectivity index (χ3n) is 1.55. The molecule has 0 aromatic heterocycles. The summed E-state index contributed by atoms with van der Waals surface area (Å²) >= 11 is 0. The maximum Gasteiger partial charge on any atom is 0.234 e. The highest BCUT2D eigenvalue weighted by Crippen LogP contribution is 1.85. The van der Waals surface area contributed by atoms with E-state index in [4.69, 9.17) is 0 Å². The van der Waals surface area contributed by atoms with Crippen LogP contribution in [0.1, 0.15) is 20.8 Å². The largest absolute Gasteiger partial charge is 0.353 e. The number of hydrogen-bond donors (Lipinski definition) is 2. The minimum Gasteiger partial charge on any atom is -0.353 e. The maximum absolute atomic E-state index is 11.2. The second kappa shape index (κ2) is 6.95. The van der Waals surface area contributed by atoms with Crippen molar-refractivity contribution in [1.82, 2.24) is 10.6 Å². The molecule has 0 bridgehead atoms. The van der Waals surface area contributed by atoms with Gasteiger partial charge in [-0.1, -0.05) is 0 Å². The van der Waals surface area contributed by atoms with Crippen LogP contribution in [0.2, 0.25) is 0 Å². The van der Waals surface area contributed by atoms with Crippen molar-refractivity contribution >= 4 is 16.7 Å². The Hall–Kier alpha value is -0.420. The summed E-state index contributed by atoms with van der Waals surface area (Å²) in [4.78, 5) is 11.2. The summed E-state index contributed by atoms with van der Waals surface area (Å²) in [6.07, 6.45) is 1.66. The molecule has 2 unspecified atom stereocenters. The van der Waals surface area contributed by atoms with E-state index < -0.39 is 10.8 Å². The molecule has 2 N–H and O–H groups in total. The van der Waals surface area contributed by atoms with E-state index in [0.717, 1.165) is 0 Å². The quantitative estimate of drug-likeness (QED) is 0.655. The Morgan fingerprint density at radius 3 is 2.36 bits per heavy atom. The van der Waals surface area contributed by atoms with Crippen molar-refractivity contribution in [2.45, 2.75) is 32.9 Å². The Balaban J connectivity index is 3.61. The lowest BCUT2D eigenvalue weighted by atomic mass is 10.3. The molecule has 14 heavy (non-hydrogen) atoms. The Kier molecular flexibility index (Phi) is 6.74. The predicted molar refractivity (Wildman–Crippen MR) is 59.7 cm³/mol. The summed E-state index contributed by atoms with van der Waals surface area (Å²) in [5.41, 5.74) is 0. The van der Waals surface area contributed by atoms with Gasteiger partial charge in [0.1, 0.15) is 0 Å². The Morgan fingerprint density at radius 1 is 1.36 bits per heavy atom. The number of amides is 1. The molecule has 0 aliphatic carbocycles. The normalized spacial score (nSPS) is 15.2. The van der Waals surface area contributed by atoms with Crippen molar-refractivity contribution < 1.29 is 9.00 Å². The molecule has 1 amide bonds. The minimum atomic E-state index is -0.815. The van der Waals surface area contributed by atoms with Gasteiger partial charge in [0.25, 0.3) is 0 Å². The maximum atomic E-state index is 11.2. The predicted octanol–water partition coefficient (Wildman–Crippen LogP) is -0.132. The fraction of sp³-hybridized carbons (Fsp3) is 0.889. The lowest BCUT2D eigenvalue weighted by Gasteiger charge is -2.13. The third kappa shape index (κ3) is 8.19. The second-order valence-electron chi connectivity index (χ2n) is 3.74. The second-order valence-corrected chi connectivity index (χ2v) is 5.22. The van der Waals surface area contributed by atoms with Crippen LogP contribution in [-0.2, 0) is 15.6 Å². The molecule has 0 rings (SSSR count). The molecular weight excluding hydrogens is 200 g/mol. The molecule has 0 saturated carbocycles. The number of hydrogen-bond acceptors (Lipinski definition) is 3. The number of carbonyl (C=O) groups is 1. The zero-order valence-electron chi connectivity index (χ0n) is 9.29. The standard InChI is InChI=1S/C9H20N2O2S/c1-7(2)11-9(12)5-10-8(3)6-14(4)13/h7-8,10H,5-6H2,1-4H3,(H,11,12). The third-order valence-corrected chi connectivity index (χ3v) is 2.51. The minimum absolute atomic E-state index is 0.0197. The smallest absolute Gasteiger partial charge is 0.234 e. The van der Waals surface area contributed by atoms with Crippen LogP contribution in [0.15, 0.2) is 0 Å². The average Bonchev–Trinajstić information content (AvgIpc) is 1.98. The van der Waals surface area contributed by atoms with E-state index in [1.807, 2.05) is 20.8 Å². The van der Waals surface area contributed by atoms with Crippen LogP contribution in [0.3, 0.4) is 0 Å². The van der Waals surface area contributed by atoms with E-state index in [2.05, 4.69) is 10.6 Å². The molecule has 0 spiro atoms. The first-order valence-electron chi connectivity index (χ1n) is 4.74. The zero-order chi connectivity index (χ0) is 11.1. The monoisotopic (exact) mass is 220 g/mol. The zero-order valence-corrected chi connectivity index (χ0v) is 10.1. The van der Waals surface area contributed by atoms with Crippen molar-refractivity contribution in [2.75, 3.05) is 18.6 Å². The summed E-state index contributed by atoms with van der Waals surface area (Å²) in [5.74, 6) is 0.559. The van der Waals surface area contributed by atoms with Crippen molar-refractivity contribution in [1.29, 1.82) is 0 Å². The van der Waals surface area contributed by atoms with Crippen LogP contribution in [0.5, 0.6) is 0 Å². The SMILES string of the molecule is CC(C)NC(=O)CNC(C)CS(C)=O. The first-order valence-corrected chi connectivity index (χ1v) is 6.47. The van der Waals surface area contributed by atoms with E-state index >= 15 is 0 Å². The Morgan fingerprint density at radius 2 is 1.93 bits per heavy atom. The van der Waals surface area contributed by atoms with Crippen LogP contribution < -0.4 is 10.6 Å². The van der Waals surface area contributed by atoms with Gasteiger partial charge in [-0.3, -0.25) is 9.00 Å². The molecule has 84 valence electrons. The van der Waals surface area contributed by atoms with E-state index in [1.165, 1.54) is 0 Å². The molecule has 0 aliphatic heterocycles. The van der Waals surface area contributed by atoms with Gasteiger partial charge >= 0.3 is 0 Å². The molecule has 4 nitrogen and oxygen atoms in total. The molecule has 0 heterocycles. The van der Waals surface area contributed by atoms with Gasteiger partial charge in [0.15, 0.2) is 0 Å². The highest BCUT2D eigenvalue weighted by atomic mass is 32.2. The van der Waals surface area contributed by atoms with Crippen LogP contribution >= 0.6 is 0 Å². The van der Waals surface area contributed by atoms with Gasteiger partial charge in [-0.05, 0) is 20.8 Å². The molecule has 0 aromatic carbocycles. The van der Waals surface area contributed by atoms with E-state index in [0.29, 0.717) is 5.75 Å². The summed E-state index contributed by atoms with van der Waals surface area (Å²) in [6.45, 7) is 6.05. The Bertz CT molecular complexity index is 207. The molecule has 0 saturated heterocycles. The first-order chi connectivity index (χ1) is 6.41. The molecule has 2 atom stereocenters. The summed E-state index contributed by atoms with van der Waals surface area (Å²) in [7, 11) is -0.815. The van der Waals surface area contributed by atoms with Gasteiger partial charge < -0.3 is 10.6 Å². The fourth-order valence-electron chi connectivity index (χ4n) is 1.05. The number of nitrogens with one attached hydrogen (secondary N) is 2. The highest BCUT2D eigenvalue weighted by Gasteiger charge is 2.07. The lowest BCUT2D eigenvalue weighted by Crippen LogP contribution is -2.42. The molecular formula is C9H20N2O2S. The lowest BCUT2D eigenvalue weighted by molar-refractivity contribution is -0.120. The van der Waals surface area contributed by atoms with Gasteiger partial charge in [-0.25, -0.2) is 0 Å². The Labute approximate surface area is 88.3 Å². The van der Waals surface area contributed by atoms with Gasteiger partial charge in [0, 0.05) is 34.9 Å². The number of carbonyl (C=O) groups excluding carboxylic acids is 1. The number of rotatable bonds is 6. The van der Waals surface area contributed by atoms with E-state index in [9.17, 15) is 9.00 Å². The van der Waals surface area contributed by atoms with Gasteiger partial charge in [-0.15, -0.1) is 0 Å². The van der Waals surface area contributed by atoms with Crippen LogP contribution in [0.25, 0.3) is 0 Å². The van der Waals surface area contributed by atoms with Crippen LogP contribution in [0, 0.1) is 0 Å². The highest BCUT2D eigenvalue weighted by molar-refractivity contribution is 7.84. The van der Waals surface area contributed by atoms with Gasteiger partial charge in [0.2, 0.25) is 5.91 Å². The van der Waals surface area contributed by atoms with Crippen molar-refractivity contribution in [3.8, 4) is 0 Å². The van der Waals surface area contributed by atoms with Gasteiger partial charge in [-0.2, -0.15) is 0 Å². The van der Waals surface area contributed by atoms with Crippen molar-refractivity contribution in [3.63, 3.8) is 0 Å². The molecule has 0 aromatic rings. The van der Waals surface area contributed by atoms with Crippen molar-refractivity contribution in [3.05, 3.63) is 0 Å². The first kappa shape index (κ1) is 13.6. The average molecular weight is 220 g/mol. The van der Waals surface area contributed by atoms with Crippen molar-refractivity contribution in [2.24, 2.45) is 0 Å². The topological polar surface area (TPSA) is 58.2 Å². The summed E-state index contributed by atoms with van der Waals surface area (Å²) in [5, 5.41) is 5.79. The molecule has 0 aliphatic rings. The molecule has 0 radical (unpaired) electrons. The van der Waals surface area contributed by atoms with E-state index in [-0.39, 0.29) is 24.5 Å². The van der Waals surface area contributed by atoms with Gasteiger partial charge in [0.05, 0.1) is 6.54 Å². The van der Waals surface area contributed by atoms with E-state index in [1.54, 1.807) is 6.26 Å². The summed E-state index contributed by atoms with van der Waals surface area (Å²) in [6, 6.07) is 0.277. The van der Waals surface area contributed by atoms with Crippen LogP contribution in [0.4, 0.5) is 0 Å². The van der Waals surface area contributed by atoms with Crippen LogP contribution in [-0.4, -0.2) is 40.8 Å². The molecule has 0 fully saturated rings.